The number of amides is 1. The predicted octanol–water partition coefficient (Wildman–Crippen LogP) is 3.86. The van der Waals surface area contributed by atoms with E-state index in [4.69, 9.17) is 4.52 Å². The minimum atomic E-state index is -0.0433. The lowest BCUT2D eigenvalue weighted by molar-refractivity contribution is -0.116. The van der Waals surface area contributed by atoms with Crippen LogP contribution in [0.5, 0.6) is 0 Å². The van der Waals surface area contributed by atoms with Gasteiger partial charge in [0.25, 0.3) is 0 Å². The third-order valence-corrected chi connectivity index (χ3v) is 4.49. The molecule has 0 saturated heterocycles. The van der Waals surface area contributed by atoms with Gasteiger partial charge in [-0.25, -0.2) is 9.97 Å². The molecule has 0 unspecified atom stereocenters. The van der Waals surface area contributed by atoms with Gasteiger partial charge in [0.05, 0.1) is 5.69 Å². The molecule has 1 aromatic carbocycles. The van der Waals surface area contributed by atoms with Crippen molar-refractivity contribution in [2.24, 2.45) is 0 Å². The summed E-state index contributed by atoms with van der Waals surface area (Å²) in [6.07, 6.45) is 7.18. The topological polar surface area (TPSA) is 98.2 Å². The molecule has 0 radical (unpaired) electrons. The van der Waals surface area contributed by atoms with Gasteiger partial charge in [0.2, 0.25) is 17.6 Å². The molecule has 0 aliphatic rings. The van der Waals surface area contributed by atoms with Gasteiger partial charge >= 0.3 is 0 Å². The van der Waals surface area contributed by atoms with Crippen LogP contribution in [-0.4, -0.2) is 30.4 Å². The van der Waals surface area contributed by atoms with E-state index in [0.717, 1.165) is 16.9 Å². The predicted molar refractivity (Wildman–Crippen MR) is 108 cm³/mol. The lowest BCUT2D eigenvalue weighted by atomic mass is 10.1. The number of hydrogen-bond donors (Lipinski definition) is 1. The van der Waals surface area contributed by atoms with Crippen LogP contribution < -0.4 is 5.32 Å². The van der Waals surface area contributed by atoms with Gasteiger partial charge in [0.1, 0.15) is 0 Å². The lowest BCUT2D eigenvalue weighted by Crippen LogP contribution is -2.11. The Kier molecular flexibility index (Phi) is 5.33. The van der Waals surface area contributed by atoms with E-state index < -0.39 is 0 Å². The Morgan fingerprint density at radius 3 is 2.76 bits per heavy atom. The Morgan fingerprint density at radius 2 is 2.03 bits per heavy atom. The first kappa shape index (κ1) is 18.8. The zero-order valence-electron chi connectivity index (χ0n) is 16.4. The van der Waals surface area contributed by atoms with Crippen molar-refractivity contribution in [3.05, 3.63) is 60.6 Å². The minimum Gasteiger partial charge on any atom is -0.339 e. The van der Waals surface area contributed by atoms with Gasteiger partial charge in [0, 0.05) is 48.6 Å². The quantitative estimate of drug-likeness (QED) is 0.514. The van der Waals surface area contributed by atoms with Crippen molar-refractivity contribution in [2.45, 2.75) is 39.0 Å². The van der Waals surface area contributed by atoms with Crippen LogP contribution in [0.3, 0.4) is 0 Å². The second-order valence-electron chi connectivity index (χ2n) is 7.13. The van der Waals surface area contributed by atoms with Crippen LogP contribution in [0, 0.1) is 0 Å². The number of benzene rings is 1. The summed E-state index contributed by atoms with van der Waals surface area (Å²) in [5.41, 5.74) is 2.55. The van der Waals surface area contributed by atoms with E-state index >= 15 is 0 Å². The Bertz CT molecular complexity index is 1080. The molecule has 4 aromatic rings. The van der Waals surface area contributed by atoms with Gasteiger partial charge in [-0.2, -0.15) is 4.98 Å². The smallest absolute Gasteiger partial charge is 0.234 e. The SMILES string of the molecule is CC(C)c1noc(CCCC(=O)Nc2ccc(-c3cn4cccnc4n3)cc2)n1. The zero-order chi connectivity index (χ0) is 20.2. The third kappa shape index (κ3) is 4.48. The fraction of sp³-hybridized carbons (Fsp3) is 0.286. The van der Waals surface area contributed by atoms with Gasteiger partial charge in [-0.05, 0) is 24.6 Å². The van der Waals surface area contributed by atoms with E-state index in [2.05, 4.69) is 25.4 Å². The number of nitrogens with zero attached hydrogens (tertiary/aromatic N) is 5. The van der Waals surface area contributed by atoms with E-state index in [1.54, 1.807) is 6.20 Å². The number of fused-ring (bicyclic) bond motifs is 1. The summed E-state index contributed by atoms with van der Waals surface area (Å²) in [5, 5.41) is 6.84. The lowest BCUT2D eigenvalue weighted by Gasteiger charge is -2.05. The summed E-state index contributed by atoms with van der Waals surface area (Å²) in [7, 11) is 0. The standard InChI is InChI=1S/C21H22N6O2/c1-14(2)20-25-19(29-26-20)6-3-5-18(28)23-16-9-7-15(8-10-16)17-13-27-12-4-11-22-21(27)24-17/h4,7-14H,3,5-6H2,1-2H3,(H,23,28). The van der Waals surface area contributed by atoms with Crippen LogP contribution in [0.2, 0.25) is 0 Å². The summed E-state index contributed by atoms with van der Waals surface area (Å²) in [6.45, 7) is 4.03. The Labute approximate surface area is 168 Å². The number of carbonyl (C=O) groups excluding carboxylic acids is 1. The highest BCUT2D eigenvalue weighted by molar-refractivity contribution is 5.90. The van der Waals surface area contributed by atoms with E-state index in [1.165, 1.54) is 0 Å². The molecule has 0 atom stereocenters. The fourth-order valence-electron chi connectivity index (χ4n) is 2.92. The van der Waals surface area contributed by atoms with Crippen LogP contribution >= 0.6 is 0 Å². The first-order valence-electron chi connectivity index (χ1n) is 9.61. The number of carbonyl (C=O) groups is 1. The second-order valence-corrected chi connectivity index (χ2v) is 7.13. The number of hydrogen-bond acceptors (Lipinski definition) is 6. The molecule has 8 nitrogen and oxygen atoms in total. The zero-order valence-corrected chi connectivity index (χ0v) is 16.4. The van der Waals surface area contributed by atoms with Gasteiger partial charge in [0.15, 0.2) is 5.82 Å². The molecule has 8 heteroatoms. The van der Waals surface area contributed by atoms with E-state index in [-0.39, 0.29) is 11.8 Å². The average Bonchev–Trinajstić information content (AvgIpc) is 3.35. The largest absolute Gasteiger partial charge is 0.339 e. The van der Waals surface area contributed by atoms with E-state index in [0.29, 0.717) is 36.8 Å². The molecule has 0 aliphatic carbocycles. The van der Waals surface area contributed by atoms with Crippen molar-refractivity contribution in [1.29, 1.82) is 0 Å². The van der Waals surface area contributed by atoms with Crippen LogP contribution in [0.15, 0.2) is 53.4 Å². The van der Waals surface area contributed by atoms with Crippen molar-refractivity contribution in [3.8, 4) is 11.3 Å². The summed E-state index contributed by atoms with van der Waals surface area (Å²) >= 11 is 0. The maximum absolute atomic E-state index is 12.2. The average molecular weight is 390 g/mol. The van der Waals surface area contributed by atoms with Gasteiger partial charge in [-0.15, -0.1) is 0 Å². The normalized spacial score (nSPS) is 11.3. The maximum Gasteiger partial charge on any atom is 0.234 e. The molecule has 0 bridgehead atoms. The molecule has 0 saturated carbocycles. The third-order valence-electron chi connectivity index (χ3n) is 4.49. The Balaban J connectivity index is 1.30. The summed E-state index contributed by atoms with van der Waals surface area (Å²) in [6, 6.07) is 9.47. The van der Waals surface area contributed by atoms with Crippen LogP contribution in [0.1, 0.15) is 44.3 Å². The second kappa shape index (κ2) is 8.22. The monoisotopic (exact) mass is 390 g/mol. The van der Waals surface area contributed by atoms with Gasteiger partial charge in [-0.1, -0.05) is 31.1 Å². The molecular weight excluding hydrogens is 368 g/mol. The van der Waals surface area contributed by atoms with E-state index in [1.807, 2.05) is 61.0 Å². The maximum atomic E-state index is 12.2. The molecule has 29 heavy (non-hydrogen) atoms. The highest BCUT2D eigenvalue weighted by Gasteiger charge is 2.11. The molecule has 0 fully saturated rings. The Hall–Kier alpha value is -3.55. The summed E-state index contributed by atoms with van der Waals surface area (Å²) in [5.74, 6) is 2.12. The van der Waals surface area contributed by atoms with Crippen molar-refractivity contribution in [2.75, 3.05) is 5.32 Å². The molecule has 0 spiro atoms. The van der Waals surface area contributed by atoms with Gasteiger partial charge in [-0.3, -0.25) is 9.20 Å². The first-order valence-corrected chi connectivity index (χ1v) is 9.61. The number of aryl methyl sites for hydroxylation is 1. The number of imidazole rings is 1. The molecule has 3 heterocycles. The number of anilines is 1. The fourth-order valence-corrected chi connectivity index (χ4v) is 2.92. The van der Waals surface area contributed by atoms with Crippen LogP contribution in [0.4, 0.5) is 5.69 Å². The number of rotatable bonds is 7. The number of aromatic nitrogens is 5. The summed E-state index contributed by atoms with van der Waals surface area (Å²) in [4.78, 5) is 25.2. The van der Waals surface area contributed by atoms with Gasteiger partial charge < -0.3 is 9.84 Å². The molecule has 1 N–H and O–H groups in total. The molecule has 0 aliphatic heterocycles. The molecule has 3 aromatic heterocycles. The number of nitrogens with one attached hydrogen (secondary N) is 1. The van der Waals surface area contributed by atoms with Crippen LogP contribution in [-0.2, 0) is 11.2 Å². The highest BCUT2D eigenvalue weighted by atomic mass is 16.5. The van der Waals surface area contributed by atoms with Crippen molar-refractivity contribution in [1.82, 2.24) is 24.5 Å². The molecule has 1 amide bonds. The van der Waals surface area contributed by atoms with Crippen molar-refractivity contribution >= 4 is 17.4 Å². The first-order chi connectivity index (χ1) is 14.1. The molecular formula is C21H22N6O2. The minimum absolute atomic E-state index is 0.0433. The molecule has 148 valence electrons. The Morgan fingerprint density at radius 1 is 1.21 bits per heavy atom. The van der Waals surface area contributed by atoms with E-state index in [9.17, 15) is 4.79 Å². The van der Waals surface area contributed by atoms with Crippen molar-refractivity contribution in [3.63, 3.8) is 0 Å². The van der Waals surface area contributed by atoms with Crippen molar-refractivity contribution < 1.29 is 9.32 Å². The van der Waals surface area contributed by atoms with Crippen LogP contribution in [0.25, 0.3) is 17.0 Å². The molecule has 4 rings (SSSR count). The highest BCUT2D eigenvalue weighted by Crippen LogP contribution is 2.21. The summed E-state index contributed by atoms with van der Waals surface area (Å²) < 4.78 is 7.07.